The molecule has 0 aromatic heterocycles. The average molecular weight is 269 g/mol. The van der Waals surface area contributed by atoms with Crippen LogP contribution in [0.4, 0.5) is 0 Å². The third-order valence-electron chi connectivity index (χ3n) is 3.82. The molecule has 0 atom stereocenters. The lowest BCUT2D eigenvalue weighted by molar-refractivity contribution is -0.129. The number of carbonyl (C=O) groups is 2. The molecule has 110 valence electrons. The highest BCUT2D eigenvalue weighted by Crippen LogP contribution is 2.26. The molecule has 0 radical (unpaired) electrons. The number of hydrogen-bond donors (Lipinski definition) is 2. The van der Waals surface area contributed by atoms with Gasteiger partial charge in [-0.15, -0.1) is 0 Å². The summed E-state index contributed by atoms with van der Waals surface area (Å²) in [6.07, 6.45) is 3.72. The van der Waals surface area contributed by atoms with Crippen molar-refractivity contribution in [2.45, 2.75) is 39.0 Å². The number of hydrogen-bond acceptors (Lipinski definition) is 3. The van der Waals surface area contributed by atoms with Gasteiger partial charge in [0.05, 0.1) is 0 Å². The molecule has 0 unspecified atom stereocenters. The van der Waals surface area contributed by atoms with Crippen LogP contribution in [0, 0.1) is 5.41 Å². The predicted molar refractivity (Wildman–Crippen MR) is 75.8 cm³/mol. The summed E-state index contributed by atoms with van der Waals surface area (Å²) in [6.45, 7) is 5.03. The average Bonchev–Trinajstić information content (AvgIpc) is 2.37. The first-order valence-electron chi connectivity index (χ1n) is 7.10. The Hall–Kier alpha value is -1.10. The third kappa shape index (κ3) is 6.05. The van der Waals surface area contributed by atoms with Gasteiger partial charge in [0.2, 0.25) is 11.8 Å². The van der Waals surface area contributed by atoms with E-state index in [0.717, 1.165) is 32.5 Å². The number of rotatable bonds is 6. The van der Waals surface area contributed by atoms with E-state index in [9.17, 15) is 9.59 Å². The highest BCUT2D eigenvalue weighted by Gasteiger charge is 2.26. The van der Waals surface area contributed by atoms with Gasteiger partial charge in [0.1, 0.15) is 0 Å². The van der Waals surface area contributed by atoms with Crippen molar-refractivity contribution in [3.05, 3.63) is 0 Å². The minimum Gasteiger partial charge on any atom is -0.356 e. The summed E-state index contributed by atoms with van der Waals surface area (Å²) in [5, 5.41) is 6.33. The summed E-state index contributed by atoms with van der Waals surface area (Å²) in [6, 6.07) is 0. The molecule has 1 fully saturated rings. The maximum atomic E-state index is 11.7. The summed E-state index contributed by atoms with van der Waals surface area (Å²) in [5.41, 5.74) is 0.223. The Labute approximate surface area is 116 Å². The molecule has 19 heavy (non-hydrogen) atoms. The van der Waals surface area contributed by atoms with Gasteiger partial charge in [0.15, 0.2) is 0 Å². The van der Waals surface area contributed by atoms with Crippen molar-refractivity contribution in [2.75, 3.05) is 33.7 Å². The Morgan fingerprint density at radius 2 is 1.84 bits per heavy atom. The van der Waals surface area contributed by atoms with Crippen molar-refractivity contribution in [2.24, 2.45) is 5.41 Å². The Kier molecular flexibility index (Phi) is 6.28. The molecule has 0 aromatic carbocycles. The fourth-order valence-electron chi connectivity index (χ4n) is 2.23. The molecule has 0 saturated carbocycles. The van der Waals surface area contributed by atoms with Crippen molar-refractivity contribution in [1.82, 2.24) is 15.5 Å². The third-order valence-corrected chi connectivity index (χ3v) is 3.82. The van der Waals surface area contributed by atoms with E-state index in [2.05, 4.69) is 17.6 Å². The van der Waals surface area contributed by atoms with Crippen molar-refractivity contribution in [1.29, 1.82) is 0 Å². The highest BCUT2D eigenvalue weighted by atomic mass is 16.2. The Bertz CT molecular complexity index is 310. The van der Waals surface area contributed by atoms with Crippen LogP contribution >= 0.6 is 0 Å². The van der Waals surface area contributed by atoms with E-state index in [4.69, 9.17) is 0 Å². The molecule has 1 rings (SSSR count). The summed E-state index contributed by atoms with van der Waals surface area (Å²) in [5.74, 6) is 0.143. The van der Waals surface area contributed by atoms with Gasteiger partial charge in [-0.3, -0.25) is 9.59 Å². The molecule has 1 heterocycles. The lowest BCUT2D eigenvalue weighted by Gasteiger charge is -2.34. The zero-order valence-corrected chi connectivity index (χ0v) is 12.4. The van der Waals surface area contributed by atoms with Crippen molar-refractivity contribution in [3.63, 3.8) is 0 Å². The van der Waals surface area contributed by atoms with E-state index in [1.54, 1.807) is 19.0 Å². The summed E-state index contributed by atoms with van der Waals surface area (Å²) >= 11 is 0. The van der Waals surface area contributed by atoms with Gasteiger partial charge < -0.3 is 15.5 Å². The quantitative estimate of drug-likeness (QED) is 0.748. The zero-order chi connectivity index (χ0) is 14.3. The topological polar surface area (TPSA) is 61.4 Å². The van der Waals surface area contributed by atoms with E-state index in [1.807, 2.05) is 0 Å². The lowest BCUT2D eigenvalue weighted by atomic mass is 9.81. The molecule has 1 aliphatic heterocycles. The largest absolute Gasteiger partial charge is 0.356 e. The molecule has 0 bridgehead atoms. The van der Waals surface area contributed by atoms with Crippen LogP contribution in [0.25, 0.3) is 0 Å². The lowest BCUT2D eigenvalue weighted by Crippen LogP contribution is -2.42. The number of piperidine rings is 1. The van der Waals surface area contributed by atoms with E-state index < -0.39 is 0 Å². The molecule has 0 aromatic rings. The first-order chi connectivity index (χ1) is 8.93. The van der Waals surface area contributed by atoms with E-state index in [-0.39, 0.29) is 17.2 Å². The number of nitrogens with zero attached hydrogens (tertiary/aromatic N) is 1. The minimum atomic E-state index is 0.0614. The van der Waals surface area contributed by atoms with Gasteiger partial charge in [-0.1, -0.05) is 6.92 Å². The normalized spacial score (nSPS) is 17.8. The molecule has 1 aliphatic rings. The van der Waals surface area contributed by atoms with E-state index >= 15 is 0 Å². The Balaban J connectivity index is 2.15. The molecule has 5 nitrogen and oxygen atoms in total. The second-order valence-electron chi connectivity index (χ2n) is 5.98. The first kappa shape index (κ1) is 16.0. The van der Waals surface area contributed by atoms with Crippen LogP contribution in [-0.4, -0.2) is 50.4 Å². The van der Waals surface area contributed by atoms with Crippen molar-refractivity contribution < 1.29 is 9.59 Å². The van der Waals surface area contributed by atoms with Gasteiger partial charge in [-0.2, -0.15) is 0 Å². The van der Waals surface area contributed by atoms with Gasteiger partial charge >= 0.3 is 0 Å². The molecule has 0 aliphatic carbocycles. The van der Waals surface area contributed by atoms with Crippen LogP contribution in [0.3, 0.4) is 0 Å². The smallest absolute Gasteiger partial charge is 0.222 e. The maximum Gasteiger partial charge on any atom is 0.222 e. The van der Waals surface area contributed by atoms with Gasteiger partial charge in [-0.25, -0.2) is 0 Å². The van der Waals surface area contributed by atoms with Crippen LogP contribution < -0.4 is 10.6 Å². The first-order valence-corrected chi connectivity index (χ1v) is 7.10. The van der Waals surface area contributed by atoms with Crippen molar-refractivity contribution in [3.8, 4) is 0 Å². The number of nitrogens with one attached hydrogen (secondary N) is 2. The Morgan fingerprint density at radius 3 is 2.42 bits per heavy atom. The van der Waals surface area contributed by atoms with Gasteiger partial charge in [0, 0.05) is 33.5 Å². The van der Waals surface area contributed by atoms with Gasteiger partial charge in [0.25, 0.3) is 0 Å². The second-order valence-corrected chi connectivity index (χ2v) is 5.98. The van der Waals surface area contributed by atoms with Crippen LogP contribution in [0.5, 0.6) is 0 Å². The van der Waals surface area contributed by atoms with Crippen LogP contribution in [0.2, 0.25) is 0 Å². The maximum absolute atomic E-state index is 11.7. The van der Waals surface area contributed by atoms with Crippen LogP contribution in [0.1, 0.15) is 39.0 Å². The fraction of sp³-hybridized carbons (Fsp3) is 0.857. The van der Waals surface area contributed by atoms with Crippen molar-refractivity contribution >= 4 is 11.8 Å². The predicted octanol–water partition coefficient (Wildman–Crippen LogP) is 0.751. The standard InChI is InChI=1S/C14H27N3O2/c1-14(7-9-15-10-8-14)11-16-12(18)5-4-6-13(19)17(2)3/h15H,4-11H2,1-3H3,(H,16,18). The summed E-state index contributed by atoms with van der Waals surface area (Å²) in [7, 11) is 3.47. The van der Waals surface area contributed by atoms with Gasteiger partial charge in [-0.05, 0) is 37.8 Å². The summed E-state index contributed by atoms with van der Waals surface area (Å²) in [4.78, 5) is 24.7. The minimum absolute atomic E-state index is 0.0614. The monoisotopic (exact) mass is 269 g/mol. The molecule has 0 spiro atoms. The SMILES string of the molecule is CN(C)C(=O)CCCC(=O)NCC1(C)CCNCC1. The van der Waals surface area contributed by atoms with Crippen LogP contribution in [-0.2, 0) is 9.59 Å². The zero-order valence-electron chi connectivity index (χ0n) is 12.4. The highest BCUT2D eigenvalue weighted by molar-refractivity contribution is 5.78. The molecule has 1 saturated heterocycles. The molecule has 5 heteroatoms. The summed E-state index contributed by atoms with van der Waals surface area (Å²) < 4.78 is 0. The fourth-order valence-corrected chi connectivity index (χ4v) is 2.23. The number of carbonyl (C=O) groups excluding carboxylic acids is 2. The number of amides is 2. The molecule has 2 amide bonds. The van der Waals surface area contributed by atoms with Crippen LogP contribution in [0.15, 0.2) is 0 Å². The second kappa shape index (κ2) is 7.48. The van der Waals surface area contributed by atoms with E-state index in [1.165, 1.54) is 0 Å². The van der Waals surface area contributed by atoms with E-state index in [0.29, 0.717) is 19.3 Å². The molecular weight excluding hydrogens is 242 g/mol. The molecular formula is C14H27N3O2. The Morgan fingerprint density at radius 1 is 1.21 bits per heavy atom. The molecule has 2 N–H and O–H groups in total.